The first kappa shape index (κ1) is 21.0. The second-order valence-corrected chi connectivity index (χ2v) is 8.21. The van der Waals surface area contributed by atoms with E-state index in [2.05, 4.69) is 31.0 Å². The molecule has 1 saturated carbocycles. The van der Waals surface area contributed by atoms with Crippen molar-refractivity contribution in [3.63, 3.8) is 0 Å². The predicted octanol–water partition coefficient (Wildman–Crippen LogP) is 6.73. The normalized spacial score (nSPS) is 22.0. The van der Waals surface area contributed by atoms with Crippen LogP contribution in [0.4, 0.5) is 11.4 Å². The quantitative estimate of drug-likeness (QED) is 0.403. The minimum atomic E-state index is -0.256. The van der Waals surface area contributed by atoms with E-state index in [-0.39, 0.29) is 12.1 Å². The molecule has 3 unspecified atom stereocenters. The van der Waals surface area contributed by atoms with Gasteiger partial charge < -0.3 is 9.47 Å². The van der Waals surface area contributed by atoms with Crippen LogP contribution in [0.25, 0.3) is 0 Å². The second kappa shape index (κ2) is 9.68. The maximum Gasteiger partial charge on any atom is 0.338 e. The number of esters is 1. The number of azo groups is 1. The fraction of sp³-hybridized carbons (Fsp3) is 0.458. The molecule has 0 bridgehead atoms. The predicted molar refractivity (Wildman–Crippen MR) is 114 cm³/mol. The Balaban J connectivity index is 1.62. The van der Waals surface area contributed by atoms with E-state index in [0.29, 0.717) is 29.0 Å². The maximum atomic E-state index is 12.7. The molecule has 2 aromatic rings. The summed E-state index contributed by atoms with van der Waals surface area (Å²) in [6.45, 7) is 6.66. The van der Waals surface area contributed by atoms with Gasteiger partial charge in [-0.15, -0.1) is 0 Å². The zero-order valence-corrected chi connectivity index (χ0v) is 17.7. The average Bonchev–Trinajstić information content (AvgIpc) is 2.72. The lowest BCUT2D eigenvalue weighted by molar-refractivity contribution is -0.0174. The molecule has 0 heterocycles. The molecule has 3 atom stereocenters. The number of rotatable bonds is 6. The van der Waals surface area contributed by atoms with Gasteiger partial charge in [-0.1, -0.05) is 27.2 Å². The zero-order chi connectivity index (χ0) is 20.8. The van der Waals surface area contributed by atoms with Crippen LogP contribution in [-0.2, 0) is 4.74 Å². The number of ether oxygens (including phenoxy) is 2. The smallest absolute Gasteiger partial charge is 0.338 e. The van der Waals surface area contributed by atoms with Crippen molar-refractivity contribution in [3.05, 3.63) is 54.1 Å². The minimum Gasteiger partial charge on any atom is -0.497 e. The Morgan fingerprint density at radius 1 is 0.966 bits per heavy atom. The SMILES string of the molecule is COc1ccc(N=Nc2ccc(C(=O)OC3CC(C)CCC3C(C)C)cc2)cc1. The van der Waals surface area contributed by atoms with Crippen molar-refractivity contribution < 1.29 is 14.3 Å². The van der Waals surface area contributed by atoms with Crippen molar-refractivity contribution >= 4 is 17.3 Å². The summed E-state index contributed by atoms with van der Waals surface area (Å²) in [7, 11) is 1.63. The first-order valence-corrected chi connectivity index (χ1v) is 10.3. The topological polar surface area (TPSA) is 60.2 Å². The summed E-state index contributed by atoms with van der Waals surface area (Å²) in [6.07, 6.45) is 3.29. The zero-order valence-electron chi connectivity index (χ0n) is 17.7. The van der Waals surface area contributed by atoms with Crippen molar-refractivity contribution in [2.75, 3.05) is 7.11 Å². The Morgan fingerprint density at radius 2 is 1.55 bits per heavy atom. The molecular weight excluding hydrogens is 364 g/mol. The Kier molecular flexibility index (Phi) is 7.02. The number of benzene rings is 2. The number of carbonyl (C=O) groups excluding carboxylic acids is 1. The van der Waals surface area contributed by atoms with Crippen LogP contribution in [-0.4, -0.2) is 19.2 Å². The van der Waals surface area contributed by atoms with Crippen molar-refractivity contribution in [1.82, 2.24) is 0 Å². The molecule has 0 amide bonds. The van der Waals surface area contributed by atoms with E-state index >= 15 is 0 Å². The lowest BCUT2D eigenvalue weighted by Gasteiger charge is -2.36. The van der Waals surface area contributed by atoms with Crippen LogP contribution in [0.15, 0.2) is 58.8 Å². The van der Waals surface area contributed by atoms with Crippen molar-refractivity contribution in [1.29, 1.82) is 0 Å². The molecule has 3 rings (SSSR count). The second-order valence-electron chi connectivity index (χ2n) is 8.21. The molecule has 0 radical (unpaired) electrons. The molecule has 0 saturated heterocycles. The first-order chi connectivity index (χ1) is 14.0. The largest absolute Gasteiger partial charge is 0.497 e. The van der Waals surface area contributed by atoms with Crippen LogP contribution in [0.2, 0.25) is 0 Å². The summed E-state index contributed by atoms with van der Waals surface area (Å²) in [6, 6.07) is 14.4. The highest BCUT2D eigenvalue weighted by molar-refractivity contribution is 5.89. The van der Waals surface area contributed by atoms with E-state index in [1.54, 1.807) is 31.4 Å². The molecule has 0 aromatic heterocycles. The summed E-state index contributed by atoms with van der Waals surface area (Å²) >= 11 is 0. The third kappa shape index (κ3) is 5.66. The Labute approximate surface area is 173 Å². The van der Waals surface area contributed by atoms with Crippen molar-refractivity contribution in [2.45, 2.75) is 46.1 Å². The van der Waals surface area contributed by atoms with Gasteiger partial charge in [0.15, 0.2) is 0 Å². The van der Waals surface area contributed by atoms with Crippen LogP contribution in [0.5, 0.6) is 5.75 Å². The van der Waals surface area contributed by atoms with Crippen molar-refractivity contribution in [2.24, 2.45) is 28.0 Å². The van der Waals surface area contributed by atoms with E-state index in [0.717, 1.165) is 24.3 Å². The number of methoxy groups -OCH3 is 1. The molecular formula is C24H30N2O3. The summed E-state index contributed by atoms with van der Waals surface area (Å²) in [5, 5.41) is 8.44. The third-order valence-corrected chi connectivity index (χ3v) is 5.68. The van der Waals surface area contributed by atoms with E-state index < -0.39 is 0 Å². The number of nitrogens with zero attached hydrogens (tertiary/aromatic N) is 2. The van der Waals surface area contributed by atoms with E-state index in [4.69, 9.17) is 9.47 Å². The van der Waals surface area contributed by atoms with Crippen LogP contribution in [0.1, 0.15) is 50.4 Å². The summed E-state index contributed by atoms with van der Waals surface area (Å²) < 4.78 is 11.0. The highest BCUT2D eigenvalue weighted by Crippen LogP contribution is 2.35. The fourth-order valence-corrected chi connectivity index (χ4v) is 3.88. The van der Waals surface area contributed by atoms with Crippen LogP contribution >= 0.6 is 0 Å². The number of hydrogen-bond donors (Lipinski definition) is 0. The highest BCUT2D eigenvalue weighted by atomic mass is 16.5. The fourth-order valence-electron chi connectivity index (χ4n) is 3.88. The number of carbonyl (C=O) groups is 1. The highest BCUT2D eigenvalue weighted by Gasteiger charge is 2.33. The monoisotopic (exact) mass is 394 g/mol. The van der Waals surface area contributed by atoms with Gasteiger partial charge in [-0.3, -0.25) is 0 Å². The maximum absolute atomic E-state index is 12.7. The molecule has 0 aliphatic heterocycles. The third-order valence-electron chi connectivity index (χ3n) is 5.68. The van der Waals surface area contributed by atoms with Crippen LogP contribution in [0, 0.1) is 17.8 Å². The molecule has 154 valence electrons. The molecule has 29 heavy (non-hydrogen) atoms. The summed E-state index contributed by atoms with van der Waals surface area (Å²) in [5.41, 5.74) is 1.97. The van der Waals surface area contributed by atoms with Crippen molar-refractivity contribution in [3.8, 4) is 5.75 Å². The summed E-state index contributed by atoms with van der Waals surface area (Å²) in [4.78, 5) is 12.7. The molecule has 1 fully saturated rings. The van der Waals surface area contributed by atoms with Gasteiger partial charge in [-0.05, 0) is 79.1 Å². The van der Waals surface area contributed by atoms with Crippen LogP contribution in [0.3, 0.4) is 0 Å². The van der Waals surface area contributed by atoms with Gasteiger partial charge >= 0.3 is 5.97 Å². The number of hydrogen-bond acceptors (Lipinski definition) is 5. The van der Waals surface area contributed by atoms with Gasteiger partial charge in [0.25, 0.3) is 0 Å². The van der Waals surface area contributed by atoms with E-state index in [9.17, 15) is 4.79 Å². The van der Waals surface area contributed by atoms with Gasteiger partial charge in [0.2, 0.25) is 0 Å². The molecule has 0 spiro atoms. The van der Waals surface area contributed by atoms with Gasteiger partial charge in [0, 0.05) is 0 Å². The lowest BCUT2D eigenvalue weighted by Crippen LogP contribution is -2.35. The van der Waals surface area contributed by atoms with E-state index in [1.165, 1.54) is 6.42 Å². The standard InChI is InChI=1S/C24H30N2O3/c1-16(2)22-14-5-17(3)15-23(22)29-24(27)18-6-8-19(9-7-18)25-26-20-10-12-21(28-4)13-11-20/h6-13,16-17,22-23H,5,14-15H2,1-4H3. The Hall–Kier alpha value is -2.69. The molecule has 0 N–H and O–H groups in total. The van der Waals surface area contributed by atoms with E-state index in [1.807, 2.05) is 24.3 Å². The van der Waals surface area contributed by atoms with Gasteiger partial charge in [0.1, 0.15) is 11.9 Å². The molecule has 5 heteroatoms. The van der Waals surface area contributed by atoms with Crippen LogP contribution < -0.4 is 4.74 Å². The molecule has 5 nitrogen and oxygen atoms in total. The van der Waals surface area contributed by atoms with Gasteiger partial charge in [-0.25, -0.2) is 4.79 Å². The average molecular weight is 395 g/mol. The Bertz CT molecular complexity index is 828. The molecule has 2 aromatic carbocycles. The molecule has 1 aliphatic rings. The van der Waals surface area contributed by atoms with Gasteiger partial charge in [0.05, 0.1) is 24.0 Å². The van der Waals surface area contributed by atoms with Gasteiger partial charge in [-0.2, -0.15) is 10.2 Å². The Morgan fingerprint density at radius 3 is 2.10 bits per heavy atom. The lowest BCUT2D eigenvalue weighted by atomic mass is 9.75. The molecule has 1 aliphatic carbocycles. The first-order valence-electron chi connectivity index (χ1n) is 10.3. The summed E-state index contributed by atoms with van der Waals surface area (Å²) in [5.74, 6) is 2.07. The minimum absolute atomic E-state index is 0.000635.